The molecule has 3 atom stereocenters. The van der Waals surface area contributed by atoms with E-state index in [1.54, 1.807) is 4.90 Å². The Labute approximate surface area is 112 Å². The number of fused-ring (bicyclic) bond motifs is 1. The molecule has 1 saturated heterocycles. The van der Waals surface area contributed by atoms with Gasteiger partial charge >= 0.3 is 12.0 Å². The van der Waals surface area contributed by atoms with Crippen LogP contribution >= 0.6 is 0 Å². The highest BCUT2D eigenvalue weighted by molar-refractivity contribution is 5.82. The minimum Gasteiger partial charge on any atom is -0.480 e. The van der Waals surface area contributed by atoms with Gasteiger partial charge in [0.2, 0.25) is 0 Å². The van der Waals surface area contributed by atoms with Crippen LogP contribution in [0.1, 0.15) is 38.5 Å². The molecule has 6 nitrogen and oxygen atoms in total. The molecule has 0 radical (unpaired) electrons. The Bertz CT molecular complexity index is 346. The van der Waals surface area contributed by atoms with Crippen molar-refractivity contribution in [3.05, 3.63) is 0 Å². The summed E-state index contributed by atoms with van der Waals surface area (Å²) >= 11 is 0. The topological polar surface area (TPSA) is 89.9 Å². The van der Waals surface area contributed by atoms with Crippen molar-refractivity contribution in [3.8, 4) is 0 Å². The molecule has 2 fully saturated rings. The van der Waals surface area contributed by atoms with Gasteiger partial charge in [0, 0.05) is 12.6 Å². The molecular formula is C13H22N2O4. The van der Waals surface area contributed by atoms with Gasteiger partial charge in [0.25, 0.3) is 0 Å². The minimum absolute atomic E-state index is 0.246. The van der Waals surface area contributed by atoms with Crippen LogP contribution < -0.4 is 5.32 Å². The number of carboxylic acids is 1. The zero-order chi connectivity index (χ0) is 13.8. The van der Waals surface area contributed by atoms with E-state index in [9.17, 15) is 9.59 Å². The van der Waals surface area contributed by atoms with E-state index < -0.39 is 18.6 Å². The lowest BCUT2D eigenvalue weighted by molar-refractivity contribution is -0.140. The molecule has 1 saturated carbocycles. The number of hydrogen-bond donors (Lipinski definition) is 3. The SMILES string of the molecule is O=C(O)C(CO)NC(=O)N1CCCC2CCCCC21. The smallest absolute Gasteiger partial charge is 0.328 e. The Hall–Kier alpha value is -1.30. The van der Waals surface area contributed by atoms with Crippen molar-refractivity contribution in [3.63, 3.8) is 0 Å². The molecule has 2 aliphatic rings. The molecule has 3 unspecified atom stereocenters. The fourth-order valence-electron chi connectivity index (χ4n) is 3.29. The molecule has 1 aliphatic heterocycles. The number of piperidine rings is 1. The summed E-state index contributed by atoms with van der Waals surface area (Å²) in [5.74, 6) is -0.640. The molecule has 3 N–H and O–H groups in total. The number of aliphatic carboxylic acids is 1. The number of carbonyl (C=O) groups excluding carboxylic acids is 1. The van der Waals surface area contributed by atoms with Crippen LogP contribution in [0.2, 0.25) is 0 Å². The second kappa shape index (κ2) is 6.23. The summed E-state index contributed by atoms with van der Waals surface area (Å²) in [5, 5.41) is 20.2. The maximum atomic E-state index is 12.2. The van der Waals surface area contributed by atoms with Crippen LogP contribution in [0.3, 0.4) is 0 Å². The van der Waals surface area contributed by atoms with Crippen LogP contribution in [0, 0.1) is 5.92 Å². The standard InChI is InChI=1S/C13H22N2O4/c16-8-10(12(17)18)14-13(19)15-7-3-5-9-4-1-2-6-11(9)15/h9-11,16H,1-8H2,(H,14,19)(H,17,18). The Balaban J connectivity index is 1.98. The largest absolute Gasteiger partial charge is 0.480 e. The summed E-state index contributed by atoms with van der Waals surface area (Å²) in [5.41, 5.74) is 0. The van der Waals surface area contributed by atoms with Crippen molar-refractivity contribution < 1.29 is 19.8 Å². The summed E-state index contributed by atoms with van der Waals surface area (Å²) in [6.07, 6.45) is 6.67. The van der Waals surface area contributed by atoms with Crippen molar-refractivity contribution in [1.82, 2.24) is 10.2 Å². The van der Waals surface area contributed by atoms with E-state index in [4.69, 9.17) is 10.2 Å². The summed E-state index contributed by atoms with van der Waals surface area (Å²) < 4.78 is 0. The highest BCUT2D eigenvalue weighted by atomic mass is 16.4. The predicted molar refractivity (Wildman–Crippen MR) is 68.7 cm³/mol. The maximum Gasteiger partial charge on any atom is 0.328 e. The molecule has 1 heterocycles. The van der Waals surface area contributed by atoms with Crippen LogP contribution in [-0.2, 0) is 4.79 Å². The van der Waals surface area contributed by atoms with Crippen molar-refractivity contribution in [2.45, 2.75) is 50.6 Å². The summed E-state index contributed by atoms with van der Waals surface area (Å²) in [4.78, 5) is 24.8. The monoisotopic (exact) mass is 270 g/mol. The molecular weight excluding hydrogens is 248 g/mol. The molecule has 0 bridgehead atoms. The number of nitrogens with one attached hydrogen (secondary N) is 1. The van der Waals surface area contributed by atoms with Crippen LogP contribution in [0.15, 0.2) is 0 Å². The number of carboxylic acid groups (broad SMARTS) is 1. The van der Waals surface area contributed by atoms with Gasteiger partial charge in [-0.2, -0.15) is 0 Å². The first-order chi connectivity index (χ1) is 9.13. The van der Waals surface area contributed by atoms with Crippen LogP contribution in [0.4, 0.5) is 4.79 Å². The number of likely N-dealkylation sites (tertiary alicyclic amines) is 1. The average Bonchev–Trinajstić information content (AvgIpc) is 2.43. The summed E-state index contributed by atoms with van der Waals surface area (Å²) in [7, 11) is 0. The highest BCUT2D eigenvalue weighted by Gasteiger charge is 2.36. The average molecular weight is 270 g/mol. The normalized spacial score (nSPS) is 28.4. The first-order valence-electron chi connectivity index (χ1n) is 7.04. The molecule has 2 rings (SSSR count). The third-order valence-corrected chi connectivity index (χ3v) is 4.28. The zero-order valence-corrected chi connectivity index (χ0v) is 11.0. The fourth-order valence-corrected chi connectivity index (χ4v) is 3.29. The molecule has 0 spiro atoms. The van der Waals surface area contributed by atoms with Gasteiger partial charge in [-0.05, 0) is 31.6 Å². The zero-order valence-electron chi connectivity index (χ0n) is 11.0. The molecule has 0 aromatic rings. The van der Waals surface area contributed by atoms with Crippen molar-refractivity contribution in [2.75, 3.05) is 13.2 Å². The van der Waals surface area contributed by atoms with Gasteiger partial charge in [-0.25, -0.2) is 9.59 Å². The van der Waals surface area contributed by atoms with Gasteiger partial charge in [-0.15, -0.1) is 0 Å². The third-order valence-electron chi connectivity index (χ3n) is 4.28. The molecule has 19 heavy (non-hydrogen) atoms. The molecule has 108 valence electrons. The Morgan fingerprint density at radius 2 is 1.89 bits per heavy atom. The summed E-state index contributed by atoms with van der Waals surface area (Å²) in [6.45, 7) is 0.105. The molecule has 2 amide bonds. The van der Waals surface area contributed by atoms with E-state index in [-0.39, 0.29) is 12.1 Å². The van der Waals surface area contributed by atoms with Crippen molar-refractivity contribution in [1.29, 1.82) is 0 Å². The van der Waals surface area contributed by atoms with Gasteiger partial charge in [0.1, 0.15) is 0 Å². The Kier molecular flexibility index (Phi) is 4.63. The quantitative estimate of drug-likeness (QED) is 0.707. The van der Waals surface area contributed by atoms with Crippen LogP contribution in [-0.4, -0.2) is 52.3 Å². The van der Waals surface area contributed by atoms with E-state index >= 15 is 0 Å². The second-order valence-electron chi connectivity index (χ2n) is 5.47. The first kappa shape index (κ1) is 14.1. The number of aliphatic hydroxyl groups excluding tert-OH is 1. The van der Waals surface area contributed by atoms with E-state index in [1.165, 1.54) is 6.42 Å². The number of nitrogens with zero attached hydrogens (tertiary/aromatic N) is 1. The third kappa shape index (κ3) is 3.18. The number of rotatable bonds is 3. The van der Waals surface area contributed by atoms with Gasteiger partial charge in [-0.1, -0.05) is 12.8 Å². The van der Waals surface area contributed by atoms with Gasteiger partial charge in [0.05, 0.1) is 6.61 Å². The molecule has 1 aliphatic carbocycles. The number of urea groups is 1. The van der Waals surface area contributed by atoms with Gasteiger partial charge in [-0.3, -0.25) is 0 Å². The number of aliphatic hydroxyl groups is 1. The summed E-state index contributed by atoms with van der Waals surface area (Å²) in [6, 6.07) is -1.31. The Morgan fingerprint density at radius 3 is 2.58 bits per heavy atom. The second-order valence-corrected chi connectivity index (χ2v) is 5.47. The van der Waals surface area contributed by atoms with Gasteiger partial charge < -0.3 is 20.4 Å². The molecule has 0 aromatic heterocycles. The van der Waals surface area contributed by atoms with E-state index in [0.717, 1.165) is 32.1 Å². The lowest BCUT2D eigenvalue weighted by Gasteiger charge is -2.44. The number of carbonyl (C=O) groups is 2. The lowest BCUT2D eigenvalue weighted by Crippen LogP contribution is -2.56. The van der Waals surface area contributed by atoms with Crippen LogP contribution in [0.5, 0.6) is 0 Å². The fraction of sp³-hybridized carbons (Fsp3) is 0.846. The number of amides is 2. The van der Waals surface area contributed by atoms with E-state index in [0.29, 0.717) is 12.5 Å². The van der Waals surface area contributed by atoms with E-state index in [1.807, 2.05) is 0 Å². The van der Waals surface area contributed by atoms with Crippen molar-refractivity contribution >= 4 is 12.0 Å². The van der Waals surface area contributed by atoms with Crippen molar-refractivity contribution in [2.24, 2.45) is 5.92 Å². The minimum atomic E-state index is -1.21. The lowest BCUT2D eigenvalue weighted by atomic mass is 9.78. The first-order valence-corrected chi connectivity index (χ1v) is 7.04. The maximum absolute atomic E-state index is 12.2. The Morgan fingerprint density at radius 1 is 1.21 bits per heavy atom. The highest BCUT2D eigenvalue weighted by Crippen LogP contribution is 2.35. The predicted octanol–water partition coefficient (Wildman–Crippen LogP) is 0.796. The number of hydrogen-bond acceptors (Lipinski definition) is 3. The van der Waals surface area contributed by atoms with E-state index in [2.05, 4.69) is 5.32 Å². The molecule has 0 aromatic carbocycles. The van der Waals surface area contributed by atoms with Gasteiger partial charge in [0.15, 0.2) is 6.04 Å². The van der Waals surface area contributed by atoms with Crippen LogP contribution in [0.25, 0.3) is 0 Å². The molecule has 6 heteroatoms.